The van der Waals surface area contributed by atoms with Crippen LogP contribution in [0.25, 0.3) is 0 Å². The van der Waals surface area contributed by atoms with Gasteiger partial charge < -0.3 is 5.11 Å². The van der Waals surface area contributed by atoms with Gasteiger partial charge in [0.2, 0.25) is 0 Å². The van der Waals surface area contributed by atoms with E-state index in [0.29, 0.717) is 16.9 Å². The molecule has 1 heterocycles. The number of aliphatic hydroxyl groups is 1. The van der Waals surface area contributed by atoms with Crippen LogP contribution in [0.5, 0.6) is 0 Å². The Morgan fingerprint density at radius 3 is 2.25 bits per heavy atom. The molecule has 20 heavy (non-hydrogen) atoms. The van der Waals surface area contributed by atoms with Crippen LogP contribution in [0.15, 0.2) is 18.3 Å². The van der Waals surface area contributed by atoms with E-state index >= 15 is 0 Å². The molecule has 0 aliphatic heterocycles. The lowest BCUT2D eigenvalue weighted by Gasteiger charge is -2.14. The average molecular weight is 301 g/mol. The molecule has 0 radical (unpaired) electrons. The maximum Gasteiger partial charge on any atom is 0.443 e. The quantitative estimate of drug-likeness (QED) is 0.903. The van der Waals surface area contributed by atoms with Crippen LogP contribution >= 0.6 is 11.3 Å². The molecule has 1 N–H and O–H groups in total. The molecule has 1 aromatic heterocycles. The van der Waals surface area contributed by atoms with Crippen molar-refractivity contribution in [3.8, 4) is 0 Å². The maximum atomic E-state index is 12.5. The van der Waals surface area contributed by atoms with Crippen molar-refractivity contribution in [3.63, 3.8) is 0 Å². The highest BCUT2D eigenvalue weighted by Crippen LogP contribution is 2.36. The van der Waals surface area contributed by atoms with Crippen LogP contribution < -0.4 is 0 Å². The van der Waals surface area contributed by atoms with Crippen molar-refractivity contribution in [1.82, 2.24) is 4.98 Å². The van der Waals surface area contributed by atoms with Gasteiger partial charge in [-0.1, -0.05) is 12.1 Å². The summed E-state index contributed by atoms with van der Waals surface area (Å²) in [5.41, 5.74) is 3.54. The fourth-order valence-electron chi connectivity index (χ4n) is 1.97. The highest BCUT2D eigenvalue weighted by Gasteiger charge is 2.35. The third-order valence-corrected chi connectivity index (χ3v) is 4.31. The summed E-state index contributed by atoms with van der Waals surface area (Å²) >= 11 is 0.475. The lowest BCUT2D eigenvalue weighted by Crippen LogP contribution is -2.03. The number of aromatic nitrogens is 1. The molecule has 0 amide bonds. The molecule has 0 bridgehead atoms. The zero-order chi connectivity index (χ0) is 15.1. The van der Waals surface area contributed by atoms with Gasteiger partial charge in [0, 0.05) is 6.20 Å². The number of hydrogen-bond acceptors (Lipinski definition) is 3. The molecular weight excluding hydrogens is 287 g/mol. The molecule has 6 heteroatoms. The van der Waals surface area contributed by atoms with Crippen molar-refractivity contribution in [2.45, 2.75) is 33.1 Å². The van der Waals surface area contributed by atoms with E-state index in [1.807, 2.05) is 32.9 Å². The summed E-state index contributed by atoms with van der Waals surface area (Å²) in [4.78, 5) is 3.54. The number of benzene rings is 1. The van der Waals surface area contributed by atoms with Crippen LogP contribution in [0, 0.1) is 20.8 Å². The molecule has 1 aromatic carbocycles. The number of thiazole rings is 1. The Hall–Kier alpha value is -1.40. The normalized spacial score (nSPS) is 13.6. The Balaban J connectivity index is 2.39. The lowest BCUT2D eigenvalue weighted by molar-refractivity contribution is -0.137. The fraction of sp³-hybridized carbons (Fsp3) is 0.357. The number of halogens is 3. The van der Waals surface area contributed by atoms with Crippen molar-refractivity contribution in [2.24, 2.45) is 0 Å². The van der Waals surface area contributed by atoms with Crippen LogP contribution in [-0.2, 0) is 6.18 Å². The number of aliphatic hydroxyl groups excluding tert-OH is 1. The first kappa shape index (κ1) is 15.0. The average Bonchev–Trinajstić information content (AvgIpc) is 2.82. The van der Waals surface area contributed by atoms with Gasteiger partial charge in [-0.15, -0.1) is 11.3 Å². The minimum absolute atomic E-state index is 0.198. The van der Waals surface area contributed by atoms with E-state index in [1.165, 1.54) is 0 Å². The molecule has 1 atom stereocenters. The van der Waals surface area contributed by atoms with Crippen molar-refractivity contribution in [2.75, 3.05) is 0 Å². The van der Waals surface area contributed by atoms with Crippen molar-refractivity contribution < 1.29 is 18.3 Å². The molecule has 1 unspecified atom stereocenters. The SMILES string of the molecule is Cc1cc(C)c(C(O)c2cnc(C(F)(F)F)s2)cc1C. The topological polar surface area (TPSA) is 33.1 Å². The number of nitrogens with zero attached hydrogens (tertiary/aromatic N) is 1. The smallest absolute Gasteiger partial charge is 0.383 e. The number of rotatable bonds is 2. The van der Waals surface area contributed by atoms with E-state index < -0.39 is 17.3 Å². The minimum atomic E-state index is -4.47. The zero-order valence-electron chi connectivity index (χ0n) is 11.2. The number of alkyl halides is 3. The van der Waals surface area contributed by atoms with Gasteiger partial charge >= 0.3 is 6.18 Å². The first-order valence-electron chi connectivity index (χ1n) is 5.99. The monoisotopic (exact) mass is 301 g/mol. The van der Waals surface area contributed by atoms with Gasteiger partial charge in [0.1, 0.15) is 6.10 Å². The Bertz CT molecular complexity index is 634. The molecule has 2 nitrogen and oxygen atoms in total. The van der Waals surface area contributed by atoms with Crippen molar-refractivity contribution in [3.05, 3.63) is 50.5 Å². The summed E-state index contributed by atoms with van der Waals surface area (Å²) in [5, 5.41) is 9.33. The minimum Gasteiger partial charge on any atom is -0.383 e. The van der Waals surface area contributed by atoms with Crippen LogP contribution in [-0.4, -0.2) is 10.1 Å². The van der Waals surface area contributed by atoms with Gasteiger partial charge in [0.05, 0.1) is 4.88 Å². The van der Waals surface area contributed by atoms with Gasteiger partial charge in [0.25, 0.3) is 0 Å². The molecule has 2 rings (SSSR count). The van der Waals surface area contributed by atoms with E-state index in [4.69, 9.17) is 0 Å². The Morgan fingerprint density at radius 2 is 1.70 bits per heavy atom. The van der Waals surface area contributed by atoms with Crippen LogP contribution in [0.4, 0.5) is 13.2 Å². The standard InChI is InChI=1S/C14H14F3NOS/c1-7-4-9(3)10(5-8(7)2)12(19)11-6-18-13(20-11)14(15,16)17/h4-6,12,19H,1-3H3. The Morgan fingerprint density at radius 1 is 1.10 bits per heavy atom. The van der Waals surface area contributed by atoms with Gasteiger partial charge in [0.15, 0.2) is 5.01 Å². The Labute approximate surface area is 118 Å². The molecule has 0 aliphatic carbocycles. The molecule has 0 aliphatic rings. The highest BCUT2D eigenvalue weighted by molar-refractivity contribution is 7.11. The third kappa shape index (κ3) is 2.86. The first-order chi connectivity index (χ1) is 9.20. The first-order valence-corrected chi connectivity index (χ1v) is 6.80. The second kappa shape index (κ2) is 5.18. The molecule has 0 spiro atoms. The predicted octanol–water partition coefficient (Wildman–Crippen LogP) is 4.17. The van der Waals surface area contributed by atoms with Crippen molar-refractivity contribution in [1.29, 1.82) is 0 Å². The van der Waals surface area contributed by atoms with E-state index in [9.17, 15) is 18.3 Å². The van der Waals surface area contributed by atoms with Gasteiger partial charge in [-0.3, -0.25) is 0 Å². The summed E-state index contributed by atoms with van der Waals surface area (Å²) in [7, 11) is 0. The lowest BCUT2D eigenvalue weighted by atomic mass is 9.97. The molecule has 2 aromatic rings. The third-order valence-electron chi connectivity index (χ3n) is 3.21. The van der Waals surface area contributed by atoms with Gasteiger partial charge in [-0.25, -0.2) is 4.98 Å². The largest absolute Gasteiger partial charge is 0.443 e. The second-order valence-electron chi connectivity index (χ2n) is 4.76. The molecule has 0 saturated carbocycles. The summed E-state index contributed by atoms with van der Waals surface area (Å²) < 4.78 is 37.6. The molecule has 108 valence electrons. The summed E-state index contributed by atoms with van der Waals surface area (Å²) in [6.45, 7) is 5.68. The van der Waals surface area contributed by atoms with E-state index in [2.05, 4.69) is 4.98 Å². The van der Waals surface area contributed by atoms with E-state index in [-0.39, 0.29) is 4.88 Å². The van der Waals surface area contributed by atoms with Crippen LogP contribution in [0.2, 0.25) is 0 Å². The van der Waals surface area contributed by atoms with Crippen LogP contribution in [0.1, 0.15) is 38.2 Å². The van der Waals surface area contributed by atoms with E-state index in [0.717, 1.165) is 22.9 Å². The molecule has 0 fully saturated rings. The number of hydrogen-bond donors (Lipinski definition) is 1. The summed E-state index contributed by atoms with van der Waals surface area (Å²) in [6.07, 6.45) is -4.46. The summed E-state index contributed by atoms with van der Waals surface area (Å²) in [5.74, 6) is 0. The van der Waals surface area contributed by atoms with Crippen molar-refractivity contribution >= 4 is 11.3 Å². The van der Waals surface area contributed by atoms with Crippen LogP contribution in [0.3, 0.4) is 0 Å². The number of aryl methyl sites for hydroxylation is 3. The van der Waals surface area contributed by atoms with Gasteiger partial charge in [-0.2, -0.15) is 13.2 Å². The fourth-order valence-corrected chi connectivity index (χ4v) is 2.76. The molecular formula is C14H14F3NOS. The Kier molecular flexibility index (Phi) is 3.88. The zero-order valence-corrected chi connectivity index (χ0v) is 12.1. The maximum absolute atomic E-state index is 12.5. The van der Waals surface area contributed by atoms with Gasteiger partial charge in [-0.05, 0) is 43.0 Å². The highest BCUT2D eigenvalue weighted by atomic mass is 32.1. The second-order valence-corrected chi connectivity index (χ2v) is 5.82. The summed E-state index contributed by atoms with van der Waals surface area (Å²) in [6, 6.07) is 3.72. The predicted molar refractivity (Wildman–Crippen MR) is 71.8 cm³/mol. The molecule has 0 saturated heterocycles. The van der Waals surface area contributed by atoms with E-state index in [1.54, 1.807) is 0 Å².